The molecule has 0 radical (unpaired) electrons. The Morgan fingerprint density at radius 3 is 2.55 bits per heavy atom. The Labute approximate surface area is 122 Å². The van der Waals surface area contributed by atoms with Crippen LogP contribution in [0.15, 0.2) is 18.2 Å². The second-order valence-corrected chi connectivity index (χ2v) is 5.65. The van der Waals surface area contributed by atoms with Crippen molar-refractivity contribution in [2.24, 2.45) is 0 Å². The van der Waals surface area contributed by atoms with Gasteiger partial charge in [-0.3, -0.25) is 0 Å². The van der Waals surface area contributed by atoms with Crippen molar-refractivity contribution in [3.63, 3.8) is 0 Å². The minimum atomic E-state index is -0.212. The molecule has 0 fully saturated rings. The number of rotatable bonds is 8. The standard InChI is InChI=1S/C17H28FNO/c1-6-10-19-16(17(4,7-2)20-5)12-14-8-9-15(18)11-13(14)3/h8-9,11,16,19H,6-7,10,12H2,1-5H3. The molecule has 114 valence electrons. The van der Waals surface area contributed by atoms with E-state index in [1.54, 1.807) is 13.2 Å². The molecule has 0 aliphatic rings. The SMILES string of the molecule is CCCNC(Cc1ccc(F)cc1C)C(C)(CC)OC. The summed E-state index contributed by atoms with van der Waals surface area (Å²) in [6.45, 7) is 9.36. The lowest BCUT2D eigenvalue weighted by Crippen LogP contribution is -2.51. The van der Waals surface area contributed by atoms with Gasteiger partial charge >= 0.3 is 0 Å². The van der Waals surface area contributed by atoms with Crippen LogP contribution in [0.2, 0.25) is 0 Å². The van der Waals surface area contributed by atoms with E-state index in [4.69, 9.17) is 4.74 Å². The molecule has 3 heteroatoms. The summed E-state index contributed by atoms with van der Waals surface area (Å²) >= 11 is 0. The molecule has 0 aliphatic heterocycles. The van der Waals surface area contributed by atoms with E-state index in [0.717, 1.165) is 31.4 Å². The fourth-order valence-electron chi connectivity index (χ4n) is 2.46. The topological polar surface area (TPSA) is 21.3 Å². The second-order valence-electron chi connectivity index (χ2n) is 5.65. The lowest BCUT2D eigenvalue weighted by atomic mass is 9.87. The van der Waals surface area contributed by atoms with Crippen molar-refractivity contribution >= 4 is 0 Å². The van der Waals surface area contributed by atoms with Crippen molar-refractivity contribution in [1.82, 2.24) is 5.32 Å². The molecule has 0 heterocycles. The lowest BCUT2D eigenvalue weighted by molar-refractivity contribution is -0.0287. The van der Waals surface area contributed by atoms with Gasteiger partial charge in [0.25, 0.3) is 0 Å². The number of hydrogen-bond donors (Lipinski definition) is 1. The summed E-state index contributed by atoms with van der Waals surface area (Å²) in [5, 5.41) is 3.58. The van der Waals surface area contributed by atoms with Crippen LogP contribution in [0.1, 0.15) is 44.7 Å². The predicted octanol–water partition coefficient (Wildman–Crippen LogP) is 3.86. The molecule has 0 aromatic heterocycles. The summed E-state index contributed by atoms with van der Waals surface area (Å²) in [6, 6.07) is 5.25. The van der Waals surface area contributed by atoms with Crippen LogP contribution in [0.4, 0.5) is 4.39 Å². The van der Waals surface area contributed by atoms with Gasteiger partial charge in [0.2, 0.25) is 0 Å². The molecule has 1 rings (SSSR count). The van der Waals surface area contributed by atoms with Crippen LogP contribution in [-0.2, 0) is 11.2 Å². The molecule has 0 aliphatic carbocycles. The molecule has 1 N–H and O–H groups in total. The molecule has 1 aromatic carbocycles. The summed E-state index contributed by atoms with van der Waals surface area (Å²) in [7, 11) is 1.77. The monoisotopic (exact) mass is 281 g/mol. The third-order valence-electron chi connectivity index (χ3n) is 4.27. The van der Waals surface area contributed by atoms with Crippen LogP contribution < -0.4 is 5.32 Å². The van der Waals surface area contributed by atoms with Gasteiger partial charge in [-0.05, 0) is 62.9 Å². The van der Waals surface area contributed by atoms with E-state index in [2.05, 4.69) is 26.1 Å². The largest absolute Gasteiger partial charge is 0.377 e. The molecule has 0 saturated carbocycles. The molecule has 1 aromatic rings. The fraction of sp³-hybridized carbons (Fsp3) is 0.647. The van der Waals surface area contributed by atoms with Crippen molar-refractivity contribution < 1.29 is 9.13 Å². The Morgan fingerprint density at radius 2 is 2.05 bits per heavy atom. The van der Waals surface area contributed by atoms with Crippen LogP contribution in [0.5, 0.6) is 0 Å². The molecule has 2 unspecified atom stereocenters. The quantitative estimate of drug-likeness (QED) is 0.781. The van der Waals surface area contributed by atoms with Crippen molar-refractivity contribution in [1.29, 1.82) is 0 Å². The normalized spacial score (nSPS) is 15.9. The van der Waals surface area contributed by atoms with Gasteiger partial charge in [-0.25, -0.2) is 4.39 Å². The minimum Gasteiger partial charge on any atom is -0.377 e. The first-order valence-corrected chi connectivity index (χ1v) is 7.50. The van der Waals surface area contributed by atoms with Crippen LogP contribution in [-0.4, -0.2) is 25.3 Å². The maximum Gasteiger partial charge on any atom is 0.123 e. The molecule has 2 atom stereocenters. The lowest BCUT2D eigenvalue weighted by Gasteiger charge is -2.37. The zero-order valence-electron chi connectivity index (χ0n) is 13.4. The zero-order valence-corrected chi connectivity index (χ0v) is 13.4. The van der Waals surface area contributed by atoms with Crippen molar-refractivity contribution in [3.8, 4) is 0 Å². The average molecular weight is 281 g/mol. The van der Waals surface area contributed by atoms with Crippen LogP contribution in [0.3, 0.4) is 0 Å². The van der Waals surface area contributed by atoms with E-state index >= 15 is 0 Å². The molecular formula is C17H28FNO. The highest BCUT2D eigenvalue weighted by Crippen LogP contribution is 2.24. The van der Waals surface area contributed by atoms with Gasteiger partial charge in [0.15, 0.2) is 0 Å². The Kier molecular flexibility index (Phi) is 6.63. The number of nitrogens with one attached hydrogen (secondary N) is 1. The van der Waals surface area contributed by atoms with Crippen LogP contribution in [0, 0.1) is 12.7 Å². The highest BCUT2D eigenvalue weighted by atomic mass is 19.1. The molecule has 0 saturated heterocycles. The molecular weight excluding hydrogens is 253 g/mol. The van der Waals surface area contributed by atoms with E-state index in [-0.39, 0.29) is 17.5 Å². The van der Waals surface area contributed by atoms with Gasteiger partial charge in [0.1, 0.15) is 5.82 Å². The van der Waals surface area contributed by atoms with Crippen molar-refractivity contribution in [2.75, 3.05) is 13.7 Å². The molecule has 0 bridgehead atoms. The van der Waals surface area contributed by atoms with Gasteiger partial charge in [-0.1, -0.05) is 19.9 Å². The Bertz CT molecular complexity index is 415. The van der Waals surface area contributed by atoms with Gasteiger partial charge in [-0.2, -0.15) is 0 Å². The number of methoxy groups -OCH3 is 1. The van der Waals surface area contributed by atoms with Gasteiger partial charge in [0.05, 0.1) is 5.60 Å². The maximum atomic E-state index is 13.2. The Balaban J connectivity index is 2.94. The van der Waals surface area contributed by atoms with Crippen molar-refractivity contribution in [3.05, 3.63) is 35.1 Å². The van der Waals surface area contributed by atoms with E-state index in [9.17, 15) is 4.39 Å². The van der Waals surface area contributed by atoms with Crippen molar-refractivity contribution in [2.45, 2.75) is 58.6 Å². The number of ether oxygens (including phenoxy) is 1. The number of halogens is 1. The summed E-state index contributed by atoms with van der Waals surface area (Å²) in [6.07, 6.45) is 2.87. The van der Waals surface area contributed by atoms with E-state index in [0.29, 0.717) is 0 Å². The maximum absolute atomic E-state index is 13.2. The first-order valence-electron chi connectivity index (χ1n) is 7.50. The van der Waals surface area contributed by atoms with Gasteiger partial charge in [0, 0.05) is 13.2 Å². The van der Waals surface area contributed by atoms with Crippen LogP contribution in [0.25, 0.3) is 0 Å². The van der Waals surface area contributed by atoms with Crippen LogP contribution >= 0.6 is 0 Å². The minimum absolute atomic E-state index is 0.172. The van der Waals surface area contributed by atoms with E-state index in [1.165, 1.54) is 11.6 Å². The zero-order chi connectivity index (χ0) is 15.2. The van der Waals surface area contributed by atoms with Gasteiger partial charge < -0.3 is 10.1 Å². The predicted molar refractivity (Wildman–Crippen MR) is 82.6 cm³/mol. The molecule has 0 amide bonds. The molecule has 0 spiro atoms. The summed E-state index contributed by atoms with van der Waals surface area (Å²) in [5.41, 5.74) is 1.97. The first-order chi connectivity index (χ1) is 9.46. The molecule has 2 nitrogen and oxygen atoms in total. The second kappa shape index (κ2) is 7.75. The third kappa shape index (κ3) is 4.29. The Morgan fingerprint density at radius 1 is 1.35 bits per heavy atom. The van der Waals surface area contributed by atoms with E-state index in [1.807, 2.05) is 13.0 Å². The highest BCUT2D eigenvalue weighted by Gasteiger charge is 2.32. The highest BCUT2D eigenvalue weighted by molar-refractivity contribution is 5.28. The molecule has 20 heavy (non-hydrogen) atoms. The summed E-state index contributed by atoms with van der Waals surface area (Å²) in [5.74, 6) is -0.172. The fourth-order valence-corrected chi connectivity index (χ4v) is 2.46. The average Bonchev–Trinajstić information content (AvgIpc) is 2.44. The van der Waals surface area contributed by atoms with E-state index < -0.39 is 0 Å². The first kappa shape index (κ1) is 17.1. The summed E-state index contributed by atoms with van der Waals surface area (Å²) < 4.78 is 19.0. The van der Waals surface area contributed by atoms with Gasteiger partial charge in [-0.15, -0.1) is 0 Å². The number of hydrogen-bond acceptors (Lipinski definition) is 2. The smallest absolute Gasteiger partial charge is 0.123 e. The summed E-state index contributed by atoms with van der Waals surface area (Å²) in [4.78, 5) is 0. The number of aryl methyl sites for hydroxylation is 1. The number of benzene rings is 1. The Hall–Kier alpha value is -0.930. The third-order valence-corrected chi connectivity index (χ3v) is 4.27.